The first-order chi connectivity index (χ1) is 14.3. The molecule has 0 saturated carbocycles. The van der Waals surface area contributed by atoms with Crippen LogP contribution in [0, 0.1) is 0 Å². The molecular weight excluding hydrogens is 398 g/mol. The van der Waals surface area contributed by atoms with E-state index in [1.807, 2.05) is 54.6 Å². The number of carbonyl (C=O) groups is 1. The van der Waals surface area contributed by atoms with Gasteiger partial charge in [-0.1, -0.05) is 36.4 Å². The van der Waals surface area contributed by atoms with Gasteiger partial charge >= 0.3 is 0 Å². The molecule has 0 unspecified atom stereocenters. The van der Waals surface area contributed by atoms with Gasteiger partial charge in [0.25, 0.3) is 0 Å². The van der Waals surface area contributed by atoms with Crippen LogP contribution in [0.1, 0.15) is 5.56 Å². The number of anilines is 3. The van der Waals surface area contributed by atoms with Crippen molar-refractivity contribution in [3.63, 3.8) is 0 Å². The molecule has 3 rings (SSSR count). The van der Waals surface area contributed by atoms with Gasteiger partial charge in [0.05, 0.1) is 4.90 Å². The molecule has 0 saturated heterocycles. The molecule has 0 radical (unpaired) electrons. The summed E-state index contributed by atoms with van der Waals surface area (Å²) in [6, 6.07) is 23.5. The fourth-order valence-corrected chi connectivity index (χ4v) is 3.58. The second-order valence-electron chi connectivity index (χ2n) is 6.75. The lowest BCUT2D eigenvalue weighted by Crippen LogP contribution is -2.22. The fourth-order valence-electron chi connectivity index (χ4n) is 2.68. The highest BCUT2D eigenvalue weighted by molar-refractivity contribution is 7.89. The smallest absolute Gasteiger partial charge is 0.248 e. The summed E-state index contributed by atoms with van der Waals surface area (Å²) >= 11 is 0. The van der Waals surface area contributed by atoms with Crippen molar-refractivity contribution in [2.75, 3.05) is 24.7 Å². The first kappa shape index (κ1) is 21.3. The van der Waals surface area contributed by atoms with Crippen molar-refractivity contribution in [3.05, 3.63) is 90.5 Å². The Kier molecular flexibility index (Phi) is 6.66. The van der Waals surface area contributed by atoms with Crippen molar-refractivity contribution in [2.45, 2.75) is 4.90 Å². The average Bonchev–Trinajstić information content (AvgIpc) is 2.73. The highest BCUT2D eigenvalue weighted by Gasteiger charge is 2.16. The Bertz CT molecular complexity index is 1140. The zero-order valence-electron chi connectivity index (χ0n) is 16.7. The van der Waals surface area contributed by atoms with Gasteiger partial charge in [0.2, 0.25) is 15.9 Å². The van der Waals surface area contributed by atoms with E-state index in [2.05, 4.69) is 10.6 Å². The molecule has 0 heterocycles. The number of nitrogens with zero attached hydrogens (tertiary/aromatic N) is 1. The van der Waals surface area contributed by atoms with E-state index in [1.54, 1.807) is 18.2 Å². The second kappa shape index (κ2) is 9.39. The maximum atomic E-state index is 12.3. The van der Waals surface area contributed by atoms with Gasteiger partial charge in [0, 0.05) is 37.2 Å². The van der Waals surface area contributed by atoms with E-state index in [0.29, 0.717) is 5.69 Å². The number of amides is 1. The van der Waals surface area contributed by atoms with E-state index in [-0.39, 0.29) is 10.8 Å². The molecule has 0 bridgehead atoms. The third-order valence-corrected chi connectivity index (χ3v) is 6.11. The Morgan fingerprint density at radius 1 is 0.833 bits per heavy atom. The standard InChI is InChI=1S/C23H23N3O3S/c1-26(2)30(28,29)22-14-11-18(12-15-22)13-16-23(27)25-21-10-6-9-20(17-21)24-19-7-4-3-5-8-19/h3-17,24H,1-2H3,(H,25,27)/b16-13+. The van der Waals surface area contributed by atoms with Gasteiger partial charge in [-0.3, -0.25) is 4.79 Å². The summed E-state index contributed by atoms with van der Waals surface area (Å²) in [6.45, 7) is 0. The summed E-state index contributed by atoms with van der Waals surface area (Å²) < 4.78 is 25.3. The molecule has 7 heteroatoms. The molecule has 0 atom stereocenters. The molecule has 0 aliphatic heterocycles. The molecule has 1 amide bonds. The number of hydrogen-bond donors (Lipinski definition) is 2. The van der Waals surface area contributed by atoms with Gasteiger partial charge in [-0.2, -0.15) is 0 Å². The fraction of sp³-hybridized carbons (Fsp3) is 0.0870. The summed E-state index contributed by atoms with van der Waals surface area (Å²) in [5, 5.41) is 6.10. The topological polar surface area (TPSA) is 78.5 Å². The van der Waals surface area contributed by atoms with Crippen LogP contribution in [-0.2, 0) is 14.8 Å². The van der Waals surface area contributed by atoms with Gasteiger partial charge < -0.3 is 10.6 Å². The van der Waals surface area contributed by atoms with Crippen LogP contribution >= 0.6 is 0 Å². The third kappa shape index (κ3) is 5.56. The predicted octanol–water partition coefficient (Wildman–Crippen LogP) is 4.33. The molecule has 0 aromatic heterocycles. The lowest BCUT2D eigenvalue weighted by molar-refractivity contribution is -0.111. The number of carbonyl (C=O) groups excluding carboxylic acids is 1. The normalized spacial score (nSPS) is 11.6. The van der Waals surface area contributed by atoms with Crippen LogP contribution in [0.25, 0.3) is 6.08 Å². The largest absolute Gasteiger partial charge is 0.355 e. The van der Waals surface area contributed by atoms with Gasteiger partial charge in [0.1, 0.15) is 0 Å². The van der Waals surface area contributed by atoms with E-state index >= 15 is 0 Å². The Hall–Kier alpha value is -3.42. The highest BCUT2D eigenvalue weighted by Crippen LogP contribution is 2.20. The van der Waals surface area contributed by atoms with Crippen LogP contribution < -0.4 is 10.6 Å². The minimum Gasteiger partial charge on any atom is -0.355 e. The number of para-hydroxylation sites is 1. The van der Waals surface area contributed by atoms with E-state index in [4.69, 9.17) is 0 Å². The van der Waals surface area contributed by atoms with Crippen LogP contribution in [0.2, 0.25) is 0 Å². The molecule has 0 spiro atoms. The molecule has 2 N–H and O–H groups in total. The number of hydrogen-bond acceptors (Lipinski definition) is 4. The van der Waals surface area contributed by atoms with E-state index in [9.17, 15) is 13.2 Å². The Morgan fingerprint density at radius 3 is 2.13 bits per heavy atom. The summed E-state index contributed by atoms with van der Waals surface area (Å²) in [4.78, 5) is 12.5. The van der Waals surface area contributed by atoms with E-state index in [0.717, 1.165) is 21.2 Å². The summed E-state index contributed by atoms with van der Waals surface area (Å²) in [7, 11) is -0.500. The van der Waals surface area contributed by atoms with Crippen molar-refractivity contribution in [1.82, 2.24) is 4.31 Å². The van der Waals surface area contributed by atoms with Crippen LogP contribution in [0.5, 0.6) is 0 Å². The maximum Gasteiger partial charge on any atom is 0.248 e. The second-order valence-corrected chi connectivity index (χ2v) is 8.90. The zero-order chi connectivity index (χ0) is 21.6. The van der Waals surface area contributed by atoms with Crippen molar-refractivity contribution >= 4 is 39.1 Å². The molecule has 30 heavy (non-hydrogen) atoms. The van der Waals surface area contributed by atoms with Crippen LogP contribution in [0.3, 0.4) is 0 Å². The van der Waals surface area contributed by atoms with Gasteiger partial charge in [-0.25, -0.2) is 12.7 Å². The third-order valence-electron chi connectivity index (χ3n) is 4.28. The average molecular weight is 422 g/mol. The molecular formula is C23H23N3O3S. The molecule has 0 fully saturated rings. The molecule has 0 aliphatic carbocycles. The van der Waals surface area contributed by atoms with Crippen LogP contribution in [0.15, 0.2) is 89.8 Å². The first-order valence-electron chi connectivity index (χ1n) is 9.28. The molecule has 154 valence electrons. The molecule has 3 aromatic carbocycles. The Balaban J connectivity index is 1.63. The van der Waals surface area contributed by atoms with Gasteiger partial charge in [-0.15, -0.1) is 0 Å². The number of nitrogens with one attached hydrogen (secondary N) is 2. The minimum absolute atomic E-state index is 0.205. The Labute approximate surface area is 176 Å². The maximum absolute atomic E-state index is 12.3. The monoisotopic (exact) mass is 421 g/mol. The van der Waals surface area contributed by atoms with Crippen molar-refractivity contribution in [2.24, 2.45) is 0 Å². The molecule has 3 aromatic rings. The minimum atomic E-state index is -3.47. The van der Waals surface area contributed by atoms with Crippen molar-refractivity contribution < 1.29 is 13.2 Å². The molecule has 0 aliphatic rings. The zero-order valence-corrected chi connectivity index (χ0v) is 17.6. The number of benzene rings is 3. The Morgan fingerprint density at radius 2 is 1.47 bits per heavy atom. The van der Waals surface area contributed by atoms with Gasteiger partial charge in [0.15, 0.2) is 0 Å². The van der Waals surface area contributed by atoms with Crippen molar-refractivity contribution in [3.8, 4) is 0 Å². The number of rotatable bonds is 7. The highest BCUT2D eigenvalue weighted by atomic mass is 32.2. The summed E-state index contributed by atoms with van der Waals surface area (Å²) in [5.41, 5.74) is 3.21. The number of sulfonamides is 1. The first-order valence-corrected chi connectivity index (χ1v) is 10.7. The van der Waals surface area contributed by atoms with E-state index < -0.39 is 10.0 Å². The summed E-state index contributed by atoms with van der Waals surface area (Å²) in [6.07, 6.45) is 3.04. The van der Waals surface area contributed by atoms with Crippen LogP contribution in [0.4, 0.5) is 17.1 Å². The molecule has 6 nitrogen and oxygen atoms in total. The lowest BCUT2D eigenvalue weighted by atomic mass is 10.2. The van der Waals surface area contributed by atoms with Crippen LogP contribution in [-0.4, -0.2) is 32.7 Å². The van der Waals surface area contributed by atoms with Gasteiger partial charge in [-0.05, 0) is 54.1 Å². The van der Waals surface area contributed by atoms with E-state index in [1.165, 1.54) is 32.3 Å². The quantitative estimate of drug-likeness (QED) is 0.557. The lowest BCUT2D eigenvalue weighted by Gasteiger charge is -2.11. The summed E-state index contributed by atoms with van der Waals surface area (Å²) in [5.74, 6) is -0.281. The SMILES string of the molecule is CN(C)S(=O)(=O)c1ccc(/C=C/C(=O)Nc2cccc(Nc3ccccc3)c2)cc1. The van der Waals surface area contributed by atoms with Crippen molar-refractivity contribution in [1.29, 1.82) is 0 Å². The predicted molar refractivity (Wildman–Crippen MR) is 121 cm³/mol.